The molecule has 3 aromatic rings. The molecule has 0 unspecified atom stereocenters. The lowest BCUT2D eigenvalue weighted by molar-refractivity contribution is -0.128. The average molecular weight is 586 g/mol. The predicted molar refractivity (Wildman–Crippen MR) is 163 cm³/mol. The van der Waals surface area contributed by atoms with Crippen LogP contribution in [0.15, 0.2) is 82.8 Å². The zero-order chi connectivity index (χ0) is 29.6. The molecule has 42 heavy (non-hydrogen) atoms. The molecule has 2 heterocycles. The fourth-order valence-corrected chi connectivity index (χ4v) is 5.70. The number of nitrogens with zero attached hydrogens (tertiary/aromatic N) is 3. The van der Waals surface area contributed by atoms with Crippen molar-refractivity contribution in [1.82, 2.24) is 10.2 Å². The SMILES string of the molecule is CC[C@H](SC1=Nc2ccccc2C2=N[C@@H](CC(=O)NCc3ccccc3OC)C(=O)N12)C(=O)Nc1cccc(OC)c1. The smallest absolute Gasteiger partial charge is 0.259 e. The summed E-state index contributed by atoms with van der Waals surface area (Å²) in [5.41, 5.74) is 2.77. The van der Waals surface area contributed by atoms with Crippen LogP contribution in [-0.4, -0.2) is 59.1 Å². The van der Waals surface area contributed by atoms with E-state index in [1.807, 2.05) is 55.5 Å². The van der Waals surface area contributed by atoms with Crippen molar-refractivity contribution in [3.8, 4) is 11.5 Å². The van der Waals surface area contributed by atoms with E-state index < -0.39 is 11.3 Å². The molecular weight excluding hydrogens is 554 g/mol. The number of aliphatic imine (C=N–C) groups is 2. The molecule has 5 rings (SSSR count). The van der Waals surface area contributed by atoms with E-state index in [9.17, 15) is 14.4 Å². The molecule has 0 aliphatic carbocycles. The van der Waals surface area contributed by atoms with E-state index in [2.05, 4.69) is 15.6 Å². The van der Waals surface area contributed by atoms with Crippen LogP contribution in [-0.2, 0) is 20.9 Å². The fourth-order valence-electron chi connectivity index (χ4n) is 4.68. The third-order valence-electron chi connectivity index (χ3n) is 6.84. The minimum Gasteiger partial charge on any atom is -0.497 e. The fraction of sp³-hybridized carbons (Fsp3) is 0.258. The highest BCUT2D eigenvalue weighted by atomic mass is 32.2. The van der Waals surface area contributed by atoms with Gasteiger partial charge in [0.25, 0.3) is 5.91 Å². The van der Waals surface area contributed by atoms with Crippen molar-refractivity contribution >= 4 is 51.9 Å². The average Bonchev–Trinajstić information content (AvgIpc) is 3.34. The van der Waals surface area contributed by atoms with Crippen LogP contribution in [0.5, 0.6) is 11.5 Å². The molecule has 2 N–H and O–H groups in total. The third kappa shape index (κ3) is 6.15. The number of amides is 3. The van der Waals surface area contributed by atoms with Gasteiger partial charge in [0.1, 0.15) is 23.4 Å². The molecule has 216 valence electrons. The molecule has 0 fully saturated rings. The van der Waals surface area contributed by atoms with Crippen molar-refractivity contribution in [2.24, 2.45) is 9.98 Å². The number of hydrogen-bond acceptors (Lipinski definition) is 8. The van der Waals surface area contributed by atoms with Crippen LogP contribution in [0.1, 0.15) is 30.9 Å². The Labute approximate surface area is 248 Å². The minimum absolute atomic E-state index is 0.123. The Kier molecular flexibility index (Phi) is 8.87. The van der Waals surface area contributed by atoms with Gasteiger partial charge in [-0.2, -0.15) is 0 Å². The number of anilines is 1. The molecular formula is C31H31N5O5S. The van der Waals surface area contributed by atoms with Gasteiger partial charge in [-0.15, -0.1) is 0 Å². The standard InChI is InChI=1S/C31H31N5O5S/c1-4-26(29(38)33-20-11-9-12-21(16-20)40-2)42-31-35-23-14-7-6-13-22(23)28-34-24(30(39)36(28)31)17-27(37)32-18-19-10-5-8-15-25(19)41-3/h5-16,24,26H,4,17-18H2,1-3H3,(H,32,37)(H,33,38)/t24-,26-/m0/s1. The van der Waals surface area contributed by atoms with Gasteiger partial charge in [-0.25, -0.2) is 9.89 Å². The Bertz CT molecular complexity index is 1570. The maximum absolute atomic E-state index is 13.7. The zero-order valence-electron chi connectivity index (χ0n) is 23.5. The first-order valence-corrected chi connectivity index (χ1v) is 14.4. The normalized spacial score (nSPS) is 16.0. The first kappa shape index (κ1) is 28.9. The van der Waals surface area contributed by atoms with Gasteiger partial charge in [0, 0.05) is 29.4 Å². The molecule has 0 saturated carbocycles. The Balaban J connectivity index is 1.32. The van der Waals surface area contributed by atoms with Crippen LogP contribution < -0.4 is 20.1 Å². The van der Waals surface area contributed by atoms with E-state index in [4.69, 9.17) is 14.5 Å². The minimum atomic E-state index is -0.916. The van der Waals surface area contributed by atoms with Crippen molar-refractivity contribution in [3.63, 3.8) is 0 Å². The number of para-hydroxylation sites is 2. The quantitative estimate of drug-likeness (QED) is 0.361. The van der Waals surface area contributed by atoms with Gasteiger partial charge in [0.05, 0.1) is 31.6 Å². The molecule has 0 bridgehead atoms. The highest BCUT2D eigenvalue weighted by molar-refractivity contribution is 8.15. The van der Waals surface area contributed by atoms with E-state index in [0.29, 0.717) is 45.9 Å². The summed E-state index contributed by atoms with van der Waals surface area (Å²) in [6.07, 6.45) is 0.367. The number of benzene rings is 3. The third-order valence-corrected chi connectivity index (χ3v) is 8.16. The Morgan fingerprint density at radius 1 is 1.02 bits per heavy atom. The molecule has 11 heteroatoms. The van der Waals surface area contributed by atoms with Gasteiger partial charge in [-0.3, -0.25) is 19.4 Å². The Morgan fingerprint density at radius 2 is 1.81 bits per heavy atom. The number of nitrogens with one attached hydrogen (secondary N) is 2. The zero-order valence-corrected chi connectivity index (χ0v) is 24.3. The number of fused-ring (bicyclic) bond motifs is 3. The second-order valence-corrected chi connectivity index (χ2v) is 10.8. The number of hydrogen-bond donors (Lipinski definition) is 2. The largest absolute Gasteiger partial charge is 0.497 e. The predicted octanol–water partition coefficient (Wildman–Crippen LogP) is 4.52. The summed E-state index contributed by atoms with van der Waals surface area (Å²) in [5.74, 6) is 0.826. The first-order chi connectivity index (χ1) is 20.4. The highest BCUT2D eigenvalue weighted by Gasteiger charge is 2.43. The number of amidine groups is 2. The van der Waals surface area contributed by atoms with Crippen LogP contribution in [0.3, 0.4) is 0 Å². The topological polar surface area (TPSA) is 122 Å². The van der Waals surface area contributed by atoms with Crippen molar-refractivity contribution < 1.29 is 23.9 Å². The van der Waals surface area contributed by atoms with E-state index >= 15 is 0 Å². The molecule has 0 aromatic heterocycles. The van der Waals surface area contributed by atoms with Gasteiger partial charge in [-0.1, -0.05) is 55.1 Å². The summed E-state index contributed by atoms with van der Waals surface area (Å²) in [6.45, 7) is 2.16. The van der Waals surface area contributed by atoms with Crippen LogP contribution >= 0.6 is 11.8 Å². The van der Waals surface area contributed by atoms with Crippen LogP contribution in [0.2, 0.25) is 0 Å². The lowest BCUT2D eigenvalue weighted by Crippen LogP contribution is -2.43. The molecule has 0 saturated heterocycles. The molecule has 10 nitrogen and oxygen atoms in total. The van der Waals surface area contributed by atoms with Crippen molar-refractivity contribution in [1.29, 1.82) is 0 Å². The maximum Gasteiger partial charge on any atom is 0.259 e. The Hall–Kier alpha value is -4.64. The lowest BCUT2D eigenvalue weighted by atomic mass is 10.1. The molecule has 2 aliphatic rings. The van der Waals surface area contributed by atoms with Crippen LogP contribution in [0.25, 0.3) is 0 Å². The number of carbonyl (C=O) groups excluding carboxylic acids is 3. The number of methoxy groups -OCH3 is 2. The number of rotatable bonds is 10. The lowest BCUT2D eigenvalue weighted by Gasteiger charge is -2.27. The summed E-state index contributed by atoms with van der Waals surface area (Å²) in [5, 5.41) is 5.60. The number of ether oxygens (including phenoxy) is 2. The summed E-state index contributed by atoms with van der Waals surface area (Å²) in [7, 11) is 3.14. The number of carbonyl (C=O) groups is 3. The van der Waals surface area contributed by atoms with E-state index in [0.717, 1.165) is 5.56 Å². The van der Waals surface area contributed by atoms with Crippen molar-refractivity contribution in [3.05, 3.63) is 83.9 Å². The van der Waals surface area contributed by atoms with Crippen molar-refractivity contribution in [2.45, 2.75) is 37.6 Å². The van der Waals surface area contributed by atoms with E-state index in [-0.39, 0.29) is 30.7 Å². The van der Waals surface area contributed by atoms with Gasteiger partial charge in [0.15, 0.2) is 5.17 Å². The molecule has 3 amide bonds. The summed E-state index contributed by atoms with van der Waals surface area (Å²) < 4.78 is 10.6. The molecule has 2 atom stereocenters. The second-order valence-electron chi connectivity index (χ2n) is 9.58. The number of thioether (sulfide) groups is 1. The Morgan fingerprint density at radius 3 is 2.60 bits per heavy atom. The summed E-state index contributed by atoms with van der Waals surface area (Å²) >= 11 is 1.20. The van der Waals surface area contributed by atoms with Crippen LogP contribution in [0, 0.1) is 0 Å². The highest BCUT2D eigenvalue weighted by Crippen LogP contribution is 2.36. The van der Waals surface area contributed by atoms with Gasteiger partial charge < -0.3 is 20.1 Å². The van der Waals surface area contributed by atoms with E-state index in [1.165, 1.54) is 16.7 Å². The van der Waals surface area contributed by atoms with E-state index in [1.54, 1.807) is 38.5 Å². The molecule has 0 radical (unpaired) electrons. The second kappa shape index (κ2) is 12.9. The van der Waals surface area contributed by atoms with Gasteiger partial charge in [0.2, 0.25) is 11.8 Å². The molecule has 0 spiro atoms. The van der Waals surface area contributed by atoms with Crippen molar-refractivity contribution in [2.75, 3.05) is 19.5 Å². The molecule has 3 aromatic carbocycles. The van der Waals surface area contributed by atoms with Gasteiger partial charge >= 0.3 is 0 Å². The first-order valence-electron chi connectivity index (χ1n) is 13.5. The van der Waals surface area contributed by atoms with Gasteiger partial charge in [-0.05, 0) is 36.8 Å². The maximum atomic E-state index is 13.7. The van der Waals surface area contributed by atoms with Crippen LogP contribution in [0.4, 0.5) is 11.4 Å². The summed E-state index contributed by atoms with van der Waals surface area (Å²) in [4.78, 5) is 50.7. The summed E-state index contributed by atoms with van der Waals surface area (Å²) in [6, 6.07) is 21.0. The monoisotopic (exact) mass is 585 g/mol. The molecule has 2 aliphatic heterocycles.